The van der Waals surface area contributed by atoms with Crippen molar-refractivity contribution >= 4 is 17.3 Å². The summed E-state index contributed by atoms with van der Waals surface area (Å²) in [7, 11) is 0.972. The van der Waals surface area contributed by atoms with Crippen molar-refractivity contribution in [3.63, 3.8) is 0 Å². The summed E-state index contributed by atoms with van der Waals surface area (Å²) in [6.07, 6.45) is -8.52. The van der Waals surface area contributed by atoms with E-state index in [9.17, 15) is 31.1 Å². The Morgan fingerprint density at radius 1 is 1.29 bits per heavy atom. The fraction of sp³-hybridized carbons (Fsp3) is 0.250. The lowest BCUT2D eigenvalue weighted by atomic mass is 10.1. The van der Waals surface area contributed by atoms with Crippen molar-refractivity contribution < 1.29 is 35.9 Å². The van der Waals surface area contributed by atoms with E-state index in [4.69, 9.17) is 11.0 Å². The Kier molecular flexibility index (Phi) is 5.49. The van der Waals surface area contributed by atoms with Crippen molar-refractivity contribution in [2.24, 2.45) is 0 Å². The molecule has 0 saturated heterocycles. The molecule has 0 saturated carbocycles. The minimum Gasteiger partial charge on any atom is -0.464 e. The number of anilines is 2. The van der Waals surface area contributed by atoms with Crippen LogP contribution in [0.4, 0.5) is 37.7 Å². The number of nitriles is 1. The third kappa shape index (κ3) is 4.30. The molecule has 1 aromatic carbocycles. The van der Waals surface area contributed by atoms with Crippen LogP contribution in [0, 0.1) is 11.3 Å². The van der Waals surface area contributed by atoms with E-state index < -0.39 is 41.8 Å². The van der Waals surface area contributed by atoms with Crippen molar-refractivity contribution in [3.8, 4) is 11.8 Å². The van der Waals surface area contributed by atoms with Crippen LogP contribution in [-0.4, -0.2) is 30.4 Å². The molecule has 0 aliphatic carbocycles. The molecule has 150 valence electrons. The third-order valence-electron chi connectivity index (χ3n) is 3.61. The third-order valence-corrected chi connectivity index (χ3v) is 3.61. The average molecular weight is 406 g/mol. The quantitative estimate of drug-likeness (QED) is 0.597. The maximum atomic E-state index is 13.1. The molecule has 0 aliphatic rings. The number of nitrogen functional groups attached to an aromatic ring is 1. The van der Waals surface area contributed by atoms with Crippen LogP contribution in [0.15, 0.2) is 24.4 Å². The highest BCUT2D eigenvalue weighted by atomic mass is 19.4. The molecule has 0 unspecified atom stereocenters. The Balaban J connectivity index is 2.74. The molecule has 0 atom stereocenters. The van der Waals surface area contributed by atoms with Crippen molar-refractivity contribution in [2.45, 2.75) is 12.4 Å². The standard InChI is InChI=1S/C16H12F6N4O2/c1-28-14(27)13-12(24)8(5-23)6-26(13)11-4-9(16(20,21)22)2-3-10(11)25-7-15(17,18)19/h2-4,6,25H,7,24H2,1H3. The minimum absolute atomic E-state index is 0.264. The van der Waals surface area contributed by atoms with E-state index in [1.165, 1.54) is 0 Å². The summed E-state index contributed by atoms with van der Waals surface area (Å²) in [6.45, 7) is -1.54. The molecule has 0 spiro atoms. The molecule has 0 radical (unpaired) electrons. The van der Waals surface area contributed by atoms with Crippen LogP contribution >= 0.6 is 0 Å². The first-order chi connectivity index (χ1) is 12.9. The molecule has 0 aliphatic heterocycles. The van der Waals surface area contributed by atoms with E-state index in [1.807, 2.05) is 5.32 Å². The number of rotatable bonds is 4. The van der Waals surface area contributed by atoms with Gasteiger partial charge in [-0.3, -0.25) is 0 Å². The average Bonchev–Trinajstić information content (AvgIpc) is 2.94. The monoisotopic (exact) mass is 406 g/mol. The van der Waals surface area contributed by atoms with Gasteiger partial charge in [-0.2, -0.15) is 31.6 Å². The van der Waals surface area contributed by atoms with Crippen LogP contribution < -0.4 is 11.1 Å². The van der Waals surface area contributed by atoms with Gasteiger partial charge in [-0.15, -0.1) is 0 Å². The number of carbonyl (C=O) groups excluding carboxylic acids is 1. The van der Waals surface area contributed by atoms with Gasteiger partial charge in [0.2, 0.25) is 0 Å². The van der Waals surface area contributed by atoms with E-state index in [1.54, 1.807) is 6.07 Å². The van der Waals surface area contributed by atoms with E-state index in [2.05, 4.69) is 4.74 Å². The molecule has 1 heterocycles. The number of halogens is 6. The number of hydrogen-bond donors (Lipinski definition) is 2. The number of carbonyl (C=O) groups is 1. The number of ether oxygens (including phenoxy) is 1. The Bertz CT molecular complexity index is 940. The lowest BCUT2D eigenvalue weighted by Gasteiger charge is -2.18. The lowest BCUT2D eigenvalue weighted by molar-refractivity contribution is -0.137. The number of aromatic nitrogens is 1. The summed E-state index contributed by atoms with van der Waals surface area (Å²) in [6, 6.07) is 3.55. The molecule has 2 rings (SSSR count). The molecule has 0 amide bonds. The van der Waals surface area contributed by atoms with Crippen LogP contribution in [0.1, 0.15) is 21.6 Å². The highest BCUT2D eigenvalue weighted by Gasteiger charge is 2.33. The molecule has 3 N–H and O–H groups in total. The Morgan fingerprint density at radius 2 is 1.93 bits per heavy atom. The highest BCUT2D eigenvalue weighted by Crippen LogP contribution is 2.35. The van der Waals surface area contributed by atoms with Gasteiger partial charge in [-0.1, -0.05) is 0 Å². The summed E-state index contributed by atoms with van der Waals surface area (Å²) in [4.78, 5) is 12.0. The Morgan fingerprint density at radius 3 is 2.43 bits per heavy atom. The molecule has 0 fully saturated rings. The zero-order chi connectivity index (χ0) is 21.3. The second kappa shape index (κ2) is 7.34. The number of esters is 1. The number of nitrogens with zero attached hydrogens (tertiary/aromatic N) is 2. The number of methoxy groups -OCH3 is 1. The largest absolute Gasteiger partial charge is 0.464 e. The summed E-state index contributed by atoms with van der Waals surface area (Å²) in [5.41, 5.74) is 2.53. The number of nitrogens with one attached hydrogen (secondary N) is 1. The second-order valence-corrected chi connectivity index (χ2v) is 5.48. The van der Waals surface area contributed by atoms with E-state index >= 15 is 0 Å². The zero-order valence-electron chi connectivity index (χ0n) is 14.1. The van der Waals surface area contributed by atoms with Crippen LogP contribution in [0.5, 0.6) is 0 Å². The van der Waals surface area contributed by atoms with Crippen LogP contribution in [0.25, 0.3) is 5.69 Å². The first-order valence-electron chi connectivity index (χ1n) is 7.40. The maximum Gasteiger partial charge on any atom is 0.416 e. The molecule has 1 aromatic heterocycles. The molecule has 0 bridgehead atoms. The first-order valence-corrected chi connectivity index (χ1v) is 7.40. The van der Waals surface area contributed by atoms with Crippen LogP contribution in [-0.2, 0) is 10.9 Å². The first kappa shape index (κ1) is 20.9. The zero-order valence-corrected chi connectivity index (χ0v) is 14.1. The summed E-state index contributed by atoms with van der Waals surface area (Å²) in [5, 5.41) is 11.1. The minimum atomic E-state index is -4.81. The molecule has 2 aromatic rings. The van der Waals surface area contributed by atoms with Crippen molar-refractivity contribution in [1.29, 1.82) is 5.26 Å². The predicted octanol–water partition coefficient (Wildman–Crippen LogP) is 3.71. The summed E-state index contributed by atoms with van der Waals surface area (Å²) < 4.78 is 82.2. The number of nitrogens with two attached hydrogens (primary N) is 1. The van der Waals surface area contributed by atoms with Gasteiger partial charge in [0, 0.05) is 6.20 Å². The van der Waals surface area contributed by atoms with Gasteiger partial charge in [0.15, 0.2) is 5.69 Å². The van der Waals surface area contributed by atoms with Gasteiger partial charge >= 0.3 is 18.3 Å². The van der Waals surface area contributed by atoms with Crippen LogP contribution in [0.3, 0.4) is 0 Å². The van der Waals surface area contributed by atoms with Crippen molar-refractivity contribution in [1.82, 2.24) is 4.57 Å². The number of hydrogen-bond acceptors (Lipinski definition) is 5. The van der Waals surface area contributed by atoms with Gasteiger partial charge in [0.1, 0.15) is 12.6 Å². The second-order valence-electron chi connectivity index (χ2n) is 5.48. The van der Waals surface area contributed by atoms with Gasteiger partial charge < -0.3 is 20.4 Å². The van der Waals surface area contributed by atoms with Crippen LogP contribution in [0.2, 0.25) is 0 Å². The normalized spacial score (nSPS) is 11.8. The lowest BCUT2D eigenvalue weighted by Crippen LogP contribution is -2.22. The predicted molar refractivity (Wildman–Crippen MR) is 85.8 cm³/mol. The maximum absolute atomic E-state index is 13.1. The molecular formula is C16H12F6N4O2. The molecule has 12 heteroatoms. The topological polar surface area (TPSA) is 93.1 Å². The summed E-state index contributed by atoms with van der Waals surface area (Å²) >= 11 is 0. The number of benzene rings is 1. The Hall–Kier alpha value is -3.36. The SMILES string of the molecule is COC(=O)c1c(N)c(C#N)cn1-c1cc(C(F)(F)F)ccc1NCC(F)(F)F. The van der Waals surface area contributed by atoms with Crippen molar-refractivity contribution in [3.05, 3.63) is 41.2 Å². The fourth-order valence-electron chi connectivity index (χ4n) is 2.36. The van der Waals surface area contributed by atoms with E-state index in [0.717, 1.165) is 23.9 Å². The molecule has 28 heavy (non-hydrogen) atoms. The Labute approximate surface area is 154 Å². The van der Waals surface area contributed by atoms with E-state index in [-0.39, 0.29) is 16.9 Å². The smallest absolute Gasteiger partial charge is 0.416 e. The fourth-order valence-corrected chi connectivity index (χ4v) is 2.36. The van der Waals surface area contributed by atoms with Gasteiger partial charge in [-0.05, 0) is 18.2 Å². The van der Waals surface area contributed by atoms with Gasteiger partial charge in [0.05, 0.1) is 35.3 Å². The van der Waals surface area contributed by atoms with E-state index in [0.29, 0.717) is 12.1 Å². The van der Waals surface area contributed by atoms with Gasteiger partial charge in [0.25, 0.3) is 0 Å². The molecule has 6 nitrogen and oxygen atoms in total. The highest BCUT2D eigenvalue weighted by molar-refractivity contribution is 5.96. The number of alkyl halides is 6. The molecular weight excluding hydrogens is 394 g/mol. The van der Waals surface area contributed by atoms with Gasteiger partial charge in [-0.25, -0.2) is 4.79 Å². The van der Waals surface area contributed by atoms with Crippen molar-refractivity contribution in [2.75, 3.05) is 24.7 Å². The summed E-state index contributed by atoms with van der Waals surface area (Å²) in [5.74, 6) is -1.09.